The summed E-state index contributed by atoms with van der Waals surface area (Å²) in [5.41, 5.74) is 8.81. The number of alkyl halides is 1. The summed E-state index contributed by atoms with van der Waals surface area (Å²) in [5.74, 6) is 1.67. The van der Waals surface area contributed by atoms with Gasteiger partial charge in [0.2, 0.25) is 0 Å². The number of aryl methyl sites for hydroxylation is 1. The van der Waals surface area contributed by atoms with Crippen molar-refractivity contribution >= 4 is 11.5 Å². The second-order valence-electron chi connectivity index (χ2n) is 13.7. The van der Waals surface area contributed by atoms with E-state index < -0.39 is 0 Å². The summed E-state index contributed by atoms with van der Waals surface area (Å²) in [7, 11) is 0.500. The lowest BCUT2D eigenvalue weighted by atomic mass is 9.59. The molecule has 45 heavy (non-hydrogen) atoms. The first kappa shape index (κ1) is 34.5. The highest BCUT2D eigenvalue weighted by molar-refractivity contribution is 5.92. The first-order valence-electron chi connectivity index (χ1n) is 16.8. The van der Waals surface area contributed by atoms with Crippen molar-refractivity contribution in [1.29, 1.82) is 0 Å². The predicted molar refractivity (Wildman–Crippen MR) is 184 cm³/mol. The van der Waals surface area contributed by atoms with Crippen molar-refractivity contribution in [3.63, 3.8) is 0 Å². The monoisotopic (exact) mass is 612 g/mol. The fourth-order valence-corrected chi connectivity index (χ4v) is 7.19. The van der Waals surface area contributed by atoms with E-state index in [9.17, 15) is 9.18 Å². The van der Waals surface area contributed by atoms with Crippen molar-refractivity contribution in [3.8, 4) is 0 Å². The van der Waals surface area contributed by atoms with E-state index in [0.29, 0.717) is 24.2 Å². The average Bonchev–Trinajstić information content (AvgIpc) is 3.00. The minimum absolute atomic E-state index is 0.133. The van der Waals surface area contributed by atoms with E-state index in [1.807, 2.05) is 6.92 Å². The lowest BCUT2D eigenvalue weighted by Crippen LogP contribution is -2.61. The second-order valence-corrected chi connectivity index (χ2v) is 13.7. The number of likely N-dealkylation sites (tertiary alicyclic amines) is 1. The number of aromatic nitrogens is 2. The molecule has 1 spiro atoms. The minimum Gasteiger partial charge on any atom is -0.344 e. The average molecular weight is 613 g/mol. The first-order chi connectivity index (χ1) is 21.7. The molecule has 5 nitrogen and oxygen atoms in total. The van der Waals surface area contributed by atoms with Crippen molar-refractivity contribution in [3.05, 3.63) is 100 Å². The number of nitrogens with one attached hydrogen (secondary N) is 1. The van der Waals surface area contributed by atoms with Gasteiger partial charge in [-0.3, -0.25) is 9.18 Å². The summed E-state index contributed by atoms with van der Waals surface area (Å²) in [6.07, 6.45) is 8.36. The Morgan fingerprint density at radius 3 is 2.04 bits per heavy atom. The third-order valence-corrected chi connectivity index (χ3v) is 9.21. The topological polar surface area (TPSA) is 58.1 Å². The molecule has 2 aliphatic rings. The van der Waals surface area contributed by atoms with E-state index >= 15 is 0 Å². The highest BCUT2D eigenvalue weighted by atomic mass is 19.1. The van der Waals surface area contributed by atoms with Crippen LogP contribution in [0.4, 0.5) is 4.39 Å². The van der Waals surface area contributed by atoms with Crippen molar-refractivity contribution < 1.29 is 9.18 Å². The third kappa shape index (κ3) is 8.46. The molecule has 1 aliphatic heterocycles. The molecule has 5 rings (SSSR count). The lowest BCUT2D eigenvalue weighted by molar-refractivity contribution is -0.0356. The molecule has 6 heteroatoms. The molecule has 1 aromatic heterocycles. The van der Waals surface area contributed by atoms with E-state index in [0.717, 1.165) is 43.0 Å². The Labute approximate surface area is 270 Å². The van der Waals surface area contributed by atoms with Crippen molar-refractivity contribution in [2.24, 2.45) is 11.3 Å². The van der Waals surface area contributed by atoms with Gasteiger partial charge in [0.15, 0.2) is 0 Å². The molecule has 2 fully saturated rings. The second kappa shape index (κ2) is 15.8. The van der Waals surface area contributed by atoms with Crippen LogP contribution in [0.3, 0.4) is 0 Å². The molecule has 1 unspecified atom stereocenters. The molecule has 2 heterocycles. The number of allylic oxidation sites excluding steroid dienone is 1. The van der Waals surface area contributed by atoms with Crippen LogP contribution in [-0.4, -0.2) is 47.6 Å². The first-order valence-corrected chi connectivity index (χ1v) is 16.8. The fraction of sp³-hybridized carbons (Fsp3) is 0.513. The Morgan fingerprint density at radius 1 is 0.911 bits per heavy atom. The molecule has 3 aromatic rings. The van der Waals surface area contributed by atoms with Crippen molar-refractivity contribution in [2.75, 3.05) is 26.8 Å². The zero-order valence-corrected chi connectivity index (χ0v) is 28.5. The van der Waals surface area contributed by atoms with Gasteiger partial charge in [-0.25, -0.2) is 9.97 Å². The smallest absolute Gasteiger partial charge is 0.270 e. The largest absolute Gasteiger partial charge is 0.344 e. The SMILES string of the molecule is CCCC(CCC)c1nccc(C(=O)NC(C)c2ccc(C(=C3CC4(C3)CN(CC(C)C)C4)c3ccc(C)cc3)cc2)n1.CF. The van der Waals surface area contributed by atoms with E-state index in [-0.39, 0.29) is 11.9 Å². The van der Waals surface area contributed by atoms with Crippen LogP contribution in [0.15, 0.2) is 66.4 Å². The van der Waals surface area contributed by atoms with Crippen LogP contribution >= 0.6 is 0 Å². The Morgan fingerprint density at radius 2 is 1.49 bits per heavy atom. The Kier molecular flexibility index (Phi) is 12.1. The highest BCUT2D eigenvalue weighted by Gasteiger charge is 2.50. The van der Waals surface area contributed by atoms with Gasteiger partial charge in [0.1, 0.15) is 11.5 Å². The van der Waals surface area contributed by atoms with Crippen LogP contribution in [0, 0.1) is 18.3 Å². The Bertz CT molecular complexity index is 1410. The number of nitrogens with zero attached hydrogens (tertiary/aromatic N) is 3. The van der Waals surface area contributed by atoms with Gasteiger partial charge >= 0.3 is 0 Å². The van der Waals surface area contributed by atoms with Gasteiger partial charge in [-0.05, 0) is 73.8 Å². The molecule has 1 amide bonds. The summed E-state index contributed by atoms with van der Waals surface area (Å²) in [6, 6.07) is 19.4. The molecular weight excluding hydrogens is 559 g/mol. The lowest BCUT2D eigenvalue weighted by Gasteiger charge is -2.58. The molecule has 0 bridgehead atoms. The number of amides is 1. The summed E-state index contributed by atoms with van der Waals surface area (Å²) >= 11 is 0. The van der Waals surface area contributed by atoms with Crippen molar-refractivity contribution in [1.82, 2.24) is 20.2 Å². The van der Waals surface area contributed by atoms with Crippen LogP contribution in [-0.2, 0) is 0 Å². The number of rotatable bonds is 12. The maximum Gasteiger partial charge on any atom is 0.270 e. The molecular formula is C39H53FN4O. The summed E-state index contributed by atoms with van der Waals surface area (Å²) in [4.78, 5) is 25.0. The van der Waals surface area contributed by atoms with Gasteiger partial charge < -0.3 is 10.2 Å². The minimum atomic E-state index is -0.152. The fourth-order valence-electron chi connectivity index (χ4n) is 7.19. The number of hydrogen-bond donors (Lipinski definition) is 1. The van der Waals surface area contributed by atoms with Gasteiger partial charge in [0.25, 0.3) is 5.91 Å². The number of halogens is 1. The maximum atomic E-state index is 13.2. The van der Waals surface area contributed by atoms with Crippen LogP contribution in [0.2, 0.25) is 0 Å². The van der Waals surface area contributed by atoms with E-state index in [2.05, 4.69) is 103 Å². The normalized spacial score (nSPS) is 16.1. The highest BCUT2D eigenvalue weighted by Crippen LogP contribution is 2.54. The maximum absolute atomic E-state index is 13.2. The van der Waals surface area contributed by atoms with Gasteiger partial charge in [-0.15, -0.1) is 0 Å². The molecule has 1 saturated carbocycles. The third-order valence-electron chi connectivity index (χ3n) is 9.21. The Balaban J connectivity index is 0.00000226. The predicted octanol–water partition coefficient (Wildman–Crippen LogP) is 9.10. The number of carbonyl (C=O) groups excluding carboxylic acids is 1. The quantitative estimate of drug-likeness (QED) is 0.222. The molecule has 0 radical (unpaired) electrons. The zero-order chi connectivity index (χ0) is 32.6. The molecule has 1 saturated heterocycles. The van der Waals surface area contributed by atoms with E-state index in [1.165, 1.54) is 54.7 Å². The molecule has 1 aliphatic carbocycles. The van der Waals surface area contributed by atoms with E-state index in [1.54, 1.807) is 17.8 Å². The van der Waals surface area contributed by atoms with Crippen LogP contribution in [0.5, 0.6) is 0 Å². The van der Waals surface area contributed by atoms with Gasteiger partial charge in [0, 0.05) is 37.2 Å². The molecule has 1 N–H and O–H groups in total. The standard InChI is InChI=1S/C38H50N4O.CH3F/c1-7-9-32(10-8-2)36-39-20-19-34(41-36)37(43)40-28(6)29-15-17-31(18-16-29)35(30-13-11-27(5)12-14-30)33-21-38(22-33)24-42(25-38)23-26(3)4;1-2/h11-20,26,28,32H,7-10,21-25H2,1-6H3,(H,40,43);1H3. The number of benzene rings is 2. The molecule has 1 atom stereocenters. The molecule has 242 valence electrons. The van der Waals surface area contributed by atoms with E-state index in [4.69, 9.17) is 0 Å². The van der Waals surface area contributed by atoms with Crippen LogP contribution in [0.1, 0.15) is 124 Å². The van der Waals surface area contributed by atoms with Gasteiger partial charge in [0.05, 0.1) is 13.2 Å². The summed E-state index contributed by atoms with van der Waals surface area (Å²) in [6.45, 7) is 16.9. The number of hydrogen-bond acceptors (Lipinski definition) is 4. The summed E-state index contributed by atoms with van der Waals surface area (Å²) in [5, 5.41) is 3.17. The van der Waals surface area contributed by atoms with Gasteiger partial charge in [-0.1, -0.05) is 100 Å². The van der Waals surface area contributed by atoms with Crippen LogP contribution < -0.4 is 5.32 Å². The summed E-state index contributed by atoms with van der Waals surface area (Å²) < 4.78 is 9.50. The van der Waals surface area contributed by atoms with Crippen molar-refractivity contribution in [2.45, 2.75) is 92.0 Å². The molecule has 2 aromatic carbocycles. The number of carbonyl (C=O) groups is 1. The van der Waals surface area contributed by atoms with Gasteiger partial charge in [-0.2, -0.15) is 0 Å². The van der Waals surface area contributed by atoms with Crippen LogP contribution in [0.25, 0.3) is 5.57 Å². The zero-order valence-electron chi connectivity index (χ0n) is 28.5. The Hall–Kier alpha value is -3.38.